The molecule has 4 nitrogen and oxygen atoms in total. The molecule has 0 atom stereocenters. The standard InChI is InChI=1S/C24H17ClN4/c25-18-13-11-17(12-14-18)22-21-15-20(16-7-3-1-4-8-16)23(26)27-24(21)29(28-22)19-9-5-2-6-10-19/h1-15H,(H2,26,27). The number of fused-ring (bicyclic) bond motifs is 1. The van der Waals surface area contributed by atoms with Crippen molar-refractivity contribution in [3.05, 3.63) is 96.0 Å². The number of rotatable bonds is 3. The third-order valence-corrected chi connectivity index (χ3v) is 5.14. The van der Waals surface area contributed by atoms with Crippen LogP contribution in [0.1, 0.15) is 0 Å². The van der Waals surface area contributed by atoms with E-state index in [0.29, 0.717) is 10.8 Å². The molecule has 5 rings (SSSR count). The molecular formula is C24H17ClN4. The van der Waals surface area contributed by atoms with E-state index in [2.05, 4.69) is 6.07 Å². The van der Waals surface area contributed by atoms with Crippen LogP contribution in [0.25, 0.3) is 39.1 Å². The lowest BCUT2D eigenvalue weighted by atomic mass is 10.0. The molecule has 0 spiro atoms. The fourth-order valence-electron chi connectivity index (χ4n) is 3.47. The van der Waals surface area contributed by atoms with Crippen molar-refractivity contribution in [1.82, 2.24) is 14.8 Å². The van der Waals surface area contributed by atoms with E-state index in [9.17, 15) is 0 Å². The van der Waals surface area contributed by atoms with Crippen LogP contribution in [0.4, 0.5) is 5.82 Å². The first-order chi connectivity index (χ1) is 14.2. The highest BCUT2D eigenvalue weighted by Crippen LogP contribution is 2.35. The predicted molar refractivity (Wildman–Crippen MR) is 119 cm³/mol. The van der Waals surface area contributed by atoms with Crippen LogP contribution in [0, 0.1) is 0 Å². The van der Waals surface area contributed by atoms with E-state index in [1.54, 1.807) is 0 Å². The average molecular weight is 397 g/mol. The molecule has 0 saturated carbocycles. The van der Waals surface area contributed by atoms with Crippen LogP contribution in [0.2, 0.25) is 5.02 Å². The van der Waals surface area contributed by atoms with Gasteiger partial charge in [0, 0.05) is 21.5 Å². The van der Waals surface area contributed by atoms with E-state index in [0.717, 1.165) is 39.1 Å². The molecule has 0 fully saturated rings. The minimum absolute atomic E-state index is 0.475. The number of hydrogen-bond donors (Lipinski definition) is 1. The van der Waals surface area contributed by atoms with Crippen LogP contribution in [-0.2, 0) is 0 Å². The summed E-state index contributed by atoms with van der Waals surface area (Å²) < 4.78 is 1.84. The highest BCUT2D eigenvalue weighted by Gasteiger charge is 2.18. The third-order valence-electron chi connectivity index (χ3n) is 4.89. The lowest BCUT2D eigenvalue weighted by Crippen LogP contribution is -2.00. The Morgan fingerprint density at radius 1 is 0.759 bits per heavy atom. The van der Waals surface area contributed by atoms with Crippen molar-refractivity contribution in [3.63, 3.8) is 0 Å². The quantitative estimate of drug-likeness (QED) is 0.407. The van der Waals surface area contributed by atoms with E-state index < -0.39 is 0 Å². The lowest BCUT2D eigenvalue weighted by molar-refractivity contribution is 0.902. The zero-order chi connectivity index (χ0) is 19.8. The lowest BCUT2D eigenvalue weighted by Gasteiger charge is -2.07. The number of nitrogen functional groups attached to an aromatic ring is 1. The molecule has 0 amide bonds. The molecule has 0 aliphatic carbocycles. The first-order valence-corrected chi connectivity index (χ1v) is 9.64. The second kappa shape index (κ2) is 7.08. The van der Waals surface area contributed by atoms with Gasteiger partial charge >= 0.3 is 0 Å². The van der Waals surface area contributed by atoms with E-state index in [1.807, 2.05) is 89.6 Å². The Hall–Kier alpha value is -3.63. The molecule has 5 heteroatoms. The summed E-state index contributed by atoms with van der Waals surface area (Å²) >= 11 is 6.09. The van der Waals surface area contributed by atoms with Crippen LogP contribution in [-0.4, -0.2) is 14.8 Å². The molecule has 29 heavy (non-hydrogen) atoms. The number of benzene rings is 3. The van der Waals surface area contributed by atoms with Crippen molar-refractivity contribution in [2.24, 2.45) is 0 Å². The Morgan fingerprint density at radius 3 is 2.10 bits per heavy atom. The van der Waals surface area contributed by atoms with Gasteiger partial charge in [0.2, 0.25) is 0 Å². The maximum atomic E-state index is 6.36. The Morgan fingerprint density at radius 2 is 1.41 bits per heavy atom. The molecule has 5 aromatic rings. The first kappa shape index (κ1) is 17.5. The maximum absolute atomic E-state index is 6.36. The summed E-state index contributed by atoms with van der Waals surface area (Å²) in [4.78, 5) is 4.74. The largest absolute Gasteiger partial charge is 0.383 e. The van der Waals surface area contributed by atoms with Crippen LogP contribution >= 0.6 is 11.6 Å². The van der Waals surface area contributed by atoms with Crippen molar-refractivity contribution in [1.29, 1.82) is 0 Å². The Balaban J connectivity index is 1.81. The van der Waals surface area contributed by atoms with E-state index in [-0.39, 0.29) is 0 Å². The normalized spacial score (nSPS) is 11.1. The number of anilines is 1. The van der Waals surface area contributed by atoms with E-state index >= 15 is 0 Å². The predicted octanol–water partition coefficient (Wildman–Crippen LogP) is 5.99. The SMILES string of the molecule is Nc1nc2c(cc1-c1ccccc1)c(-c1ccc(Cl)cc1)nn2-c1ccccc1. The van der Waals surface area contributed by atoms with Gasteiger partial charge in [0.1, 0.15) is 11.5 Å². The summed E-state index contributed by atoms with van der Waals surface area (Å²) in [7, 11) is 0. The molecule has 0 aliphatic heterocycles. The van der Waals surface area contributed by atoms with E-state index in [1.165, 1.54) is 0 Å². The zero-order valence-corrected chi connectivity index (χ0v) is 16.2. The minimum Gasteiger partial charge on any atom is -0.383 e. The van der Waals surface area contributed by atoms with Gasteiger partial charge < -0.3 is 5.73 Å². The molecule has 2 N–H and O–H groups in total. The van der Waals surface area contributed by atoms with Crippen molar-refractivity contribution >= 4 is 28.5 Å². The van der Waals surface area contributed by atoms with Crippen LogP contribution in [0.3, 0.4) is 0 Å². The monoisotopic (exact) mass is 396 g/mol. The smallest absolute Gasteiger partial charge is 0.165 e. The summed E-state index contributed by atoms with van der Waals surface area (Å²) in [5.41, 5.74) is 11.7. The van der Waals surface area contributed by atoms with Gasteiger partial charge in [0.25, 0.3) is 0 Å². The Bertz CT molecular complexity index is 1290. The molecule has 140 valence electrons. The molecule has 0 saturated heterocycles. The van der Waals surface area contributed by atoms with Crippen LogP contribution in [0.5, 0.6) is 0 Å². The maximum Gasteiger partial charge on any atom is 0.165 e. The molecule has 0 radical (unpaired) electrons. The van der Waals surface area contributed by atoms with Crippen molar-refractivity contribution in [2.75, 3.05) is 5.73 Å². The van der Waals surface area contributed by atoms with E-state index in [4.69, 9.17) is 27.4 Å². The summed E-state index contributed by atoms with van der Waals surface area (Å²) in [6.45, 7) is 0. The topological polar surface area (TPSA) is 56.7 Å². The zero-order valence-electron chi connectivity index (χ0n) is 15.5. The Labute approximate surface area is 173 Å². The van der Waals surface area contributed by atoms with Gasteiger partial charge in [-0.05, 0) is 35.9 Å². The minimum atomic E-state index is 0.475. The summed E-state index contributed by atoms with van der Waals surface area (Å²) in [5, 5.41) is 6.51. The van der Waals surface area contributed by atoms with Gasteiger partial charge in [0.05, 0.1) is 5.69 Å². The van der Waals surface area contributed by atoms with Gasteiger partial charge in [-0.1, -0.05) is 72.3 Å². The fraction of sp³-hybridized carbons (Fsp3) is 0. The van der Waals surface area contributed by atoms with Gasteiger partial charge in [0.15, 0.2) is 5.65 Å². The average Bonchev–Trinajstić information content (AvgIpc) is 3.13. The summed E-state index contributed by atoms with van der Waals surface area (Å²) in [5.74, 6) is 0.475. The number of halogens is 1. The highest BCUT2D eigenvalue weighted by molar-refractivity contribution is 6.30. The van der Waals surface area contributed by atoms with Gasteiger partial charge in [-0.25, -0.2) is 9.67 Å². The molecule has 3 aromatic carbocycles. The second-order valence-corrected chi connectivity index (χ2v) is 7.20. The number of nitrogens with zero attached hydrogens (tertiary/aromatic N) is 3. The number of hydrogen-bond acceptors (Lipinski definition) is 3. The molecule has 0 unspecified atom stereocenters. The molecule has 0 bridgehead atoms. The number of para-hydroxylation sites is 1. The number of aromatic nitrogens is 3. The molecular weight excluding hydrogens is 380 g/mol. The highest BCUT2D eigenvalue weighted by atomic mass is 35.5. The van der Waals surface area contributed by atoms with Crippen LogP contribution < -0.4 is 5.73 Å². The van der Waals surface area contributed by atoms with Crippen LogP contribution in [0.15, 0.2) is 91.0 Å². The van der Waals surface area contributed by atoms with Crippen molar-refractivity contribution in [2.45, 2.75) is 0 Å². The van der Waals surface area contributed by atoms with Gasteiger partial charge in [-0.2, -0.15) is 5.10 Å². The summed E-state index contributed by atoms with van der Waals surface area (Å²) in [6.07, 6.45) is 0. The number of pyridine rings is 1. The first-order valence-electron chi connectivity index (χ1n) is 9.27. The van der Waals surface area contributed by atoms with Crippen molar-refractivity contribution in [3.8, 4) is 28.1 Å². The number of nitrogens with two attached hydrogens (primary N) is 1. The Kier molecular flexibility index (Phi) is 4.26. The molecule has 2 aromatic heterocycles. The summed E-state index contributed by atoms with van der Waals surface area (Å²) in [6, 6.07) is 29.7. The van der Waals surface area contributed by atoms with Gasteiger partial charge in [-0.15, -0.1) is 0 Å². The fourth-order valence-corrected chi connectivity index (χ4v) is 3.60. The third kappa shape index (κ3) is 3.13. The van der Waals surface area contributed by atoms with Crippen molar-refractivity contribution < 1.29 is 0 Å². The second-order valence-electron chi connectivity index (χ2n) is 6.76. The molecule has 0 aliphatic rings. The molecule has 2 heterocycles. The van der Waals surface area contributed by atoms with Gasteiger partial charge in [-0.3, -0.25) is 0 Å².